The van der Waals surface area contributed by atoms with Crippen molar-refractivity contribution in [3.05, 3.63) is 65.2 Å². The number of hydrogen-bond acceptors (Lipinski definition) is 3. The van der Waals surface area contributed by atoms with Gasteiger partial charge in [-0.25, -0.2) is 0 Å². The number of anilines is 1. The maximum Gasteiger partial charge on any atom is 0.221 e. The second-order valence-corrected chi connectivity index (χ2v) is 6.28. The first-order valence-electron chi connectivity index (χ1n) is 7.02. The molecule has 3 N–H and O–H groups in total. The van der Waals surface area contributed by atoms with Gasteiger partial charge in [0.1, 0.15) is 0 Å². The van der Waals surface area contributed by atoms with E-state index in [0.29, 0.717) is 12.5 Å². The second kappa shape index (κ2) is 6.22. The minimum atomic E-state index is -0.298. The third-order valence-electron chi connectivity index (χ3n) is 3.65. The Balaban J connectivity index is 1.74. The van der Waals surface area contributed by atoms with Crippen LogP contribution in [-0.4, -0.2) is 11.7 Å². The summed E-state index contributed by atoms with van der Waals surface area (Å²) in [6, 6.07) is 16.9. The number of nitrogens with one attached hydrogen (secondary N) is 1. The second-order valence-electron chi connectivity index (χ2n) is 5.25. The van der Waals surface area contributed by atoms with Crippen molar-refractivity contribution in [2.45, 2.75) is 18.2 Å². The Morgan fingerprint density at radius 3 is 2.71 bits per heavy atom. The number of amides is 1. The van der Waals surface area contributed by atoms with Gasteiger partial charge in [-0.3, -0.25) is 4.79 Å². The summed E-state index contributed by atoms with van der Waals surface area (Å²) < 4.78 is 0. The molecule has 0 saturated heterocycles. The molecule has 1 aliphatic rings. The van der Waals surface area contributed by atoms with Crippen LogP contribution in [0.25, 0.3) is 0 Å². The van der Waals surface area contributed by atoms with E-state index < -0.39 is 0 Å². The molecule has 0 radical (unpaired) electrons. The Morgan fingerprint density at radius 2 is 1.95 bits per heavy atom. The van der Waals surface area contributed by atoms with Crippen LogP contribution >= 0.6 is 11.8 Å². The molecule has 3 nitrogen and oxygen atoms in total. The van der Waals surface area contributed by atoms with E-state index in [1.807, 2.05) is 36.0 Å². The predicted molar refractivity (Wildman–Crippen MR) is 88.3 cm³/mol. The minimum Gasteiger partial charge on any atom is -0.377 e. The summed E-state index contributed by atoms with van der Waals surface area (Å²) >= 11 is 1.95. The Kier molecular flexibility index (Phi) is 4.15. The van der Waals surface area contributed by atoms with Gasteiger partial charge in [0.15, 0.2) is 0 Å². The third-order valence-corrected chi connectivity index (χ3v) is 4.73. The number of rotatable bonds is 4. The molecular weight excluding hydrogens is 280 g/mol. The Hall–Kier alpha value is -1.94. The highest BCUT2D eigenvalue weighted by atomic mass is 32.2. The molecule has 0 saturated carbocycles. The monoisotopic (exact) mass is 298 g/mol. The van der Waals surface area contributed by atoms with E-state index in [-0.39, 0.29) is 5.91 Å². The summed E-state index contributed by atoms with van der Waals surface area (Å²) in [5, 5.41) is 3.58. The number of primary amides is 1. The van der Waals surface area contributed by atoms with Crippen LogP contribution in [0.4, 0.5) is 5.69 Å². The number of benzene rings is 2. The first-order chi connectivity index (χ1) is 10.2. The average Bonchev–Trinajstić information content (AvgIpc) is 2.49. The van der Waals surface area contributed by atoms with Crippen molar-refractivity contribution in [1.82, 2.24) is 0 Å². The molecule has 1 heterocycles. The molecule has 2 aromatic carbocycles. The fourth-order valence-corrected chi connectivity index (χ4v) is 3.72. The van der Waals surface area contributed by atoms with Gasteiger partial charge < -0.3 is 11.1 Å². The SMILES string of the molecule is NC(=O)Cc1ccc(NC2CSCc3ccccc32)cc1. The summed E-state index contributed by atoms with van der Waals surface area (Å²) in [7, 11) is 0. The third kappa shape index (κ3) is 3.39. The van der Waals surface area contributed by atoms with Crippen molar-refractivity contribution >= 4 is 23.4 Å². The molecule has 0 bridgehead atoms. The first kappa shape index (κ1) is 14.0. The summed E-state index contributed by atoms with van der Waals surface area (Å²) in [6.07, 6.45) is 0.294. The van der Waals surface area contributed by atoms with Gasteiger partial charge in [0.2, 0.25) is 5.91 Å². The van der Waals surface area contributed by atoms with Crippen molar-refractivity contribution in [3.63, 3.8) is 0 Å². The molecule has 3 rings (SSSR count). The van der Waals surface area contributed by atoms with E-state index in [1.165, 1.54) is 11.1 Å². The summed E-state index contributed by atoms with van der Waals surface area (Å²) in [4.78, 5) is 10.9. The van der Waals surface area contributed by atoms with Gasteiger partial charge >= 0.3 is 0 Å². The van der Waals surface area contributed by atoms with Gasteiger partial charge in [-0.05, 0) is 28.8 Å². The van der Waals surface area contributed by atoms with Gasteiger partial charge in [0.05, 0.1) is 12.5 Å². The highest BCUT2D eigenvalue weighted by Crippen LogP contribution is 2.33. The number of carbonyl (C=O) groups is 1. The number of carbonyl (C=O) groups excluding carboxylic acids is 1. The maximum atomic E-state index is 10.9. The smallest absolute Gasteiger partial charge is 0.221 e. The zero-order valence-electron chi connectivity index (χ0n) is 11.7. The van der Waals surface area contributed by atoms with Crippen LogP contribution in [0.5, 0.6) is 0 Å². The van der Waals surface area contributed by atoms with Crippen LogP contribution in [0.1, 0.15) is 22.7 Å². The lowest BCUT2D eigenvalue weighted by Gasteiger charge is -2.27. The topological polar surface area (TPSA) is 55.1 Å². The molecule has 1 aliphatic heterocycles. The van der Waals surface area contributed by atoms with Gasteiger partial charge in [-0.15, -0.1) is 0 Å². The standard InChI is InChI=1S/C17H18N2OS/c18-17(20)9-12-5-7-14(8-6-12)19-16-11-21-10-13-3-1-2-4-15(13)16/h1-8,16,19H,9-11H2,(H2,18,20). The Labute approximate surface area is 128 Å². The molecular formula is C17H18N2OS. The van der Waals surface area contributed by atoms with E-state index in [0.717, 1.165) is 22.8 Å². The number of hydrogen-bond donors (Lipinski definition) is 2. The van der Waals surface area contributed by atoms with Crippen LogP contribution < -0.4 is 11.1 Å². The molecule has 2 aromatic rings. The molecule has 0 spiro atoms. The molecule has 1 unspecified atom stereocenters. The van der Waals surface area contributed by atoms with Gasteiger partial charge in [0, 0.05) is 17.2 Å². The van der Waals surface area contributed by atoms with Crippen molar-refractivity contribution < 1.29 is 4.79 Å². The minimum absolute atomic E-state index is 0.294. The van der Waals surface area contributed by atoms with E-state index in [9.17, 15) is 4.79 Å². The van der Waals surface area contributed by atoms with E-state index in [2.05, 4.69) is 29.6 Å². The van der Waals surface area contributed by atoms with Crippen molar-refractivity contribution in [1.29, 1.82) is 0 Å². The molecule has 4 heteroatoms. The lowest BCUT2D eigenvalue weighted by atomic mass is 10.0. The fraction of sp³-hybridized carbons (Fsp3) is 0.235. The van der Waals surface area contributed by atoms with Gasteiger partial charge in [-0.1, -0.05) is 36.4 Å². The van der Waals surface area contributed by atoms with Crippen LogP contribution in [-0.2, 0) is 17.0 Å². The highest BCUT2D eigenvalue weighted by Gasteiger charge is 2.19. The highest BCUT2D eigenvalue weighted by molar-refractivity contribution is 7.98. The lowest BCUT2D eigenvalue weighted by Crippen LogP contribution is -2.18. The first-order valence-corrected chi connectivity index (χ1v) is 8.17. The number of fused-ring (bicyclic) bond motifs is 1. The van der Waals surface area contributed by atoms with Crippen molar-refractivity contribution in [3.8, 4) is 0 Å². The summed E-state index contributed by atoms with van der Waals surface area (Å²) in [5.41, 5.74) is 10.0. The Bertz CT molecular complexity index is 639. The Morgan fingerprint density at radius 1 is 1.19 bits per heavy atom. The lowest BCUT2D eigenvalue weighted by molar-refractivity contribution is -0.117. The largest absolute Gasteiger partial charge is 0.377 e. The molecule has 0 fully saturated rings. The van der Waals surface area contributed by atoms with Crippen LogP contribution in [0.3, 0.4) is 0 Å². The van der Waals surface area contributed by atoms with E-state index >= 15 is 0 Å². The van der Waals surface area contributed by atoms with E-state index in [1.54, 1.807) is 0 Å². The van der Waals surface area contributed by atoms with E-state index in [4.69, 9.17) is 5.73 Å². The maximum absolute atomic E-state index is 10.9. The van der Waals surface area contributed by atoms with Crippen LogP contribution in [0.15, 0.2) is 48.5 Å². The summed E-state index contributed by atoms with van der Waals surface area (Å²) in [6.45, 7) is 0. The molecule has 108 valence electrons. The zero-order valence-corrected chi connectivity index (χ0v) is 12.5. The van der Waals surface area contributed by atoms with Gasteiger partial charge in [-0.2, -0.15) is 11.8 Å². The zero-order chi connectivity index (χ0) is 14.7. The molecule has 0 aromatic heterocycles. The number of thioether (sulfide) groups is 1. The van der Waals surface area contributed by atoms with Crippen LogP contribution in [0.2, 0.25) is 0 Å². The molecule has 1 amide bonds. The fourth-order valence-electron chi connectivity index (χ4n) is 2.62. The van der Waals surface area contributed by atoms with Crippen LogP contribution in [0, 0.1) is 0 Å². The quantitative estimate of drug-likeness (QED) is 0.912. The molecule has 21 heavy (non-hydrogen) atoms. The molecule has 0 aliphatic carbocycles. The predicted octanol–water partition coefficient (Wildman–Crippen LogP) is 3.11. The summed E-state index contributed by atoms with van der Waals surface area (Å²) in [5.74, 6) is 1.86. The normalized spacial score (nSPS) is 17.0. The van der Waals surface area contributed by atoms with Crippen molar-refractivity contribution in [2.24, 2.45) is 5.73 Å². The number of nitrogens with two attached hydrogens (primary N) is 1. The van der Waals surface area contributed by atoms with Crippen molar-refractivity contribution in [2.75, 3.05) is 11.1 Å². The molecule has 1 atom stereocenters. The van der Waals surface area contributed by atoms with Gasteiger partial charge in [0.25, 0.3) is 0 Å². The average molecular weight is 298 g/mol.